The van der Waals surface area contributed by atoms with Crippen LogP contribution >= 0.6 is 0 Å². The lowest BCUT2D eigenvalue weighted by Crippen LogP contribution is -2.60. The second-order valence-electron chi connectivity index (χ2n) is 5.73. The van der Waals surface area contributed by atoms with Gasteiger partial charge in [-0.1, -0.05) is 6.92 Å². The number of alkyl halides is 3. The zero-order valence-electron chi connectivity index (χ0n) is 12.5. The molecule has 1 atom stereocenters. The van der Waals surface area contributed by atoms with Gasteiger partial charge in [0, 0.05) is 32.7 Å². The fraction of sp³-hybridized carbons (Fsp3) is 0.923. The molecule has 1 heterocycles. The van der Waals surface area contributed by atoms with Crippen molar-refractivity contribution in [3.8, 4) is 0 Å². The first-order valence-electron chi connectivity index (χ1n) is 7.16. The fourth-order valence-electron chi connectivity index (χ4n) is 2.41. The van der Waals surface area contributed by atoms with Crippen molar-refractivity contribution in [2.24, 2.45) is 0 Å². The number of carboxylic acids is 1. The second-order valence-corrected chi connectivity index (χ2v) is 5.73. The highest BCUT2D eigenvalue weighted by atomic mass is 19.4. The zero-order chi connectivity index (χ0) is 16.1. The number of hydrogen-bond donors (Lipinski definition) is 2. The molecular weight excluding hydrogens is 287 g/mol. The molecule has 1 saturated heterocycles. The minimum atomic E-state index is -4.18. The van der Waals surface area contributed by atoms with Crippen molar-refractivity contribution in [2.75, 3.05) is 45.8 Å². The number of halogens is 3. The number of rotatable bonds is 7. The van der Waals surface area contributed by atoms with Gasteiger partial charge in [-0.05, 0) is 19.9 Å². The quantitative estimate of drug-likeness (QED) is 0.735. The van der Waals surface area contributed by atoms with Crippen LogP contribution in [0.5, 0.6) is 0 Å². The van der Waals surface area contributed by atoms with E-state index in [0.29, 0.717) is 39.3 Å². The maximum Gasteiger partial charge on any atom is 0.401 e. The molecule has 2 N–H and O–H groups in total. The summed E-state index contributed by atoms with van der Waals surface area (Å²) in [5, 5.41) is 12.4. The van der Waals surface area contributed by atoms with Crippen molar-refractivity contribution in [3.63, 3.8) is 0 Å². The highest BCUT2D eigenvalue weighted by molar-refractivity contribution is 5.78. The van der Waals surface area contributed by atoms with Crippen LogP contribution < -0.4 is 5.32 Å². The third-order valence-electron chi connectivity index (χ3n) is 3.64. The van der Waals surface area contributed by atoms with Gasteiger partial charge in [-0.2, -0.15) is 13.2 Å². The maximum absolute atomic E-state index is 12.3. The van der Waals surface area contributed by atoms with Gasteiger partial charge in [0.25, 0.3) is 0 Å². The molecule has 0 radical (unpaired) electrons. The lowest BCUT2D eigenvalue weighted by molar-refractivity contribution is -0.150. The number of aliphatic carboxylic acids is 1. The normalized spacial score (nSPS) is 21.2. The predicted octanol–water partition coefficient (Wildman–Crippen LogP) is 1.01. The Morgan fingerprint density at radius 1 is 1.14 bits per heavy atom. The monoisotopic (exact) mass is 311 g/mol. The number of carboxylic acid groups (broad SMARTS) is 1. The summed E-state index contributed by atoms with van der Waals surface area (Å²) >= 11 is 0. The molecule has 0 aromatic carbocycles. The molecule has 0 saturated carbocycles. The number of piperazine rings is 1. The summed E-state index contributed by atoms with van der Waals surface area (Å²) in [6.07, 6.45) is -3.36. The Hall–Kier alpha value is -0.860. The van der Waals surface area contributed by atoms with Crippen molar-refractivity contribution < 1.29 is 23.1 Å². The minimum absolute atomic E-state index is 0.294. The molecular formula is C13H24F3N3O2. The van der Waals surface area contributed by atoms with E-state index in [1.807, 2.05) is 11.8 Å². The molecule has 0 bridgehead atoms. The third kappa shape index (κ3) is 6.19. The first kappa shape index (κ1) is 18.2. The average molecular weight is 311 g/mol. The van der Waals surface area contributed by atoms with E-state index in [9.17, 15) is 23.1 Å². The van der Waals surface area contributed by atoms with Crippen LogP contribution in [0.1, 0.15) is 20.3 Å². The van der Waals surface area contributed by atoms with Crippen LogP contribution in [0.25, 0.3) is 0 Å². The number of nitrogens with zero attached hydrogens (tertiary/aromatic N) is 2. The SMILES string of the molecule is CCCNC(C)(CN1CCN(CC(F)(F)F)CC1)C(=O)O. The number of hydrogen-bond acceptors (Lipinski definition) is 4. The molecule has 1 aliphatic rings. The molecule has 1 unspecified atom stereocenters. The number of carbonyl (C=O) groups is 1. The summed E-state index contributed by atoms with van der Waals surface area (Å²) in [4.78, 5) is 14.7. The van der Waals surface area contributed by atoms with Gasteiger partial charge in [0.15, 0.2) is 0 Å². The Balaban J connectivity index is 2.48. The van der Waals surface area contributed by atoms with Crippen LogP contribution in [0.3, 0.4) is 0 Å². The van der Waals surface area contributed by atoms with Crippen molar-refractivity contribution >= 4 is 5.97 Å². The van der Waals surface area contributed by atoms with E-state index in [1.54, 1.807) is 6.92 Å². The highest BCUT2D eigenvalue weighted by Gasteiger charge is 2.37. The van der Waals surface area contributed by atoms with Crippen LogP contribution in [0.2, 0.25) is 0 Å². The van der Waals surface area contributed by atoms with E-state index in [2.05, 4.69) is 5.32 Å². The molecule has 1 rings (SSSR count). The van der Waals surface area contributed by atoms with Gasteiger partial charge in [0.05, 0.1) is 6.54 Å². The predicted molar refractivity (Wildman–Crippen MR) is 73.3 cm³/mol. The molecule has 8 heteroatoms. The van der Waals surface area contributed by atoms with Crippen LogP contribution in [0, 0.1) is 0 Å². The van der Waals surface area contributed by atoms with Gasteiger partial charge in [-0.3, -0.25) is 14.6 Å². The largest absolute Gasteiger partial charge is 0.480 e. The van der Waals surface area contributed by atoms with Crippen molar-refractivity contribution in [1.29, 1.82) is 0 Å². The lowest BCUT2D eigenvalue weighted by Gasteiger charge is -2.39. The van der Waals surface area contributed by atoms with Crippen LogP contribution in [-0.4, -0.2) is 78.4 Å². The summed E-state index contributed by atoms with van der Waals surface area (Å²) < 4.78 is 36.9. The number of nitrogens with one attached hydrogen (secondary N) is 1. The molecule has 0 aromatic heterocycles. The van der Waals surface area contributed by atoms with Gasteiger partial charge < -0.3 is 10.4 Å². The molecule has 5 nitrogen and oxygen atoms in total. The van der Waals surface area contributed by atoms with Gasteiger partial charge >= 0.3 is 12.1 Å². The second kappa shape index (κ2) is 7.42. The van der Waals surface area contributed by atoms with Crippen molar-refractivity contribution in [3.05, 3.63) is 0 Å². The van der Waals surface area contributed by atoms with E-state index in [-0.39, 0.29) is 0 Å². The Morgan fingerprint density at radius 3 is 2.00 bits per heavy atom. The molecule has 1 fully saturated rings. The lowest BCUT2D eigenvalue weighted by atomic mass is 10.0. The van der Waals surface area contributed by atoms with Crippen LogP contribution in [0.4, 0.5) is 13.2 Å². The first-order valence-corrected chi connectivity index (χ1v) is 7.16. The molecule has 0 spiro atoms. The summed E-state index contributed by atoms with van der Waals surface area (Å²) in [5.74, 6) is -0.936. The Kier molecular flexibility index (Phi) is 6.42. The first-order chi connectivity index (χ1) is 9.66. The third-order valence-corrected chi connectivity index (χ3v) is 3.64. The van der Waals surface area contributed by atoms with Crippen LogP contribution in [0.15, 0.2) is 0 Å². The van der Waals surface area contributed by atoms with Crippen molar-refractivity contribution in [2.45, 2.75) is 32.0 Å². The molecule has 124 valence electrons. The molecule has 0 amide bonds. The molecule has 0 aromatic rings. The summed E-state index contributed by atoms with van der Waals surface area (Å²) in [6, 6.07) is 0. The molecule has 21 heavy (non-hydrogen) atoms. The zero-order valence-corrected chi connectivity index (χ0v) is 12.5. The Bertz CT molecular complexity index is 344. The average Bonchev–Trinajstić information content (AvgIpc) is 2.37. The summed E-state index contributed by atoms with van der Waals surface area (Å²) in [5.41, 5.74) is -1.07. The Labute approximate surface area is 123 Å². The van der Waals surface area contributed by atoms with Gasteiger partial charge in [0.2, 0.25) is 0 Å². The smallest absolute Gasteiger partial charge is 0.401 e. The van der Waals surface area contributed by atoms with E-state index in [1.165, 1.54) is 4.90 Å². The summed E-state index contributed by atoms with van der Waals surface area (Å²) in [7, 11) is 0. The standard InChI is InChI=1S/C13H24F3N3O2/c1-3-4-17-12(2,11(20)21)9-18-5-7-19(8-6-18)10-13(14,15)16/h17H,3-10H2,1-2H3,(H,20,21). The van der Waals surface area contributed by atoms with E-state index in [4.69, 9.17) is 0 Å². The topological polar surface area (TPSA) is 55.8 Å². The maximum atomic E-state index is 12.3. The van der Waals surface area contributed by atoms with E-state index in [0.717, 1.165) is 6.42 Å². The van der Waals surface area contributed by atoms with Crippen molar-refractivity contribution in [1.82, 2.24) is 15.1 Å². The minimum Gasteiger partial charge on any atom is -0.480 e. The van der Waals surface area contributed by atoms with E-state index >= 15 is 0 Å². The van der Waals surface area contributed by atoms with Gasteiger partial charge in [-0.15, -0.1) is 0 Å². The molecule has 1 aliphatic heterocycles. The fourth-order valence-corrected chi connectivity index (χ4v) is 2.41. The Morgan fingerprint density at radius 2 is 1.62 bits per heavy atom. The molecule has 0 aliphatic carbocycles. The van der Waals surface area contributed by atoms with E-state index < -0.39 is 24.2 Å². The van der Waals surface area contributed by atoms with Gasteiger partial charge in [-0.25, -0.2) is 0 Å². The summed E-state index contributed by atoms with van der Waals surface area (Å²) in [6.45, 7) is 5.08. The van der Waals surface area contributed by atoms with Crippen LogP contribution in [-0.2, 0) is 4.79 Å². The highest BCUT2D eigenvalue weighted by Crippen LogP contribution is 2.18. The van der Waals surface area contributed by atoms with Gasteiger partial charge in [0.1, 0.15) is 5.54 Å².